The van der Waals surface area contributed by atoms with Crippen LogP contribution in [0.5, 0.6) is 0 Å². The molecule has 4 saturated carbocycles. The number of nitrogens with one attached hydrogen (secondary N) is 1. The number of unbranched alkanes of at least 4 members (excludes halogenated alkanes) is 1. The molecule has 1 N–H and O–H groups in total. The van der Waals surface area contributed by atoms with Crippen molar-refractivity contribution >= 4 is 22.6 Å². The van der Waals surface area contributed by atoms with Gasteiger partial charge in [0.2, 0.25) is 0 Å². The maximum Gasteiger partial charge on any atom is 0.00663 e. The van der Waals surface area contributed by atoms with E-state index in [2.05, 4.69) is 37.2 Å². The van der Waals surface area contributed by atoms with E-state index < -0.39 is 0 Å². The van der Waals surface area contributed by atoms with Crippen molar-refractivity contribution in [1.29, 1.82) is 0 Å². The van der Waals surface area contributed by atoms with Gasteiger partial charge in [0, 0.05) is 6.54 Å². The van der Waals surface area contributed by atoms with Crippen molar-refractivity contribution in [2.75, 3.05) is 6.54 Å². The first-order valence-corrected chi connectivity index (χ1v) is 14.4. The molecule has 162 valence electrons. The highest BCUT2D eigenvalue weighted by Crippen LogP contribution is 2.69. The van der Waals surface area contributed by atoms with Crippen molar-refractivity contribution in [3.63, 3.8) is 0 Å². The van der Waals surface area contributed by atoms with Gasteiger partial charge in [-0.25, -0.2) is 0 Å². The van der Waals surface area contributed by atoms with Crippen LogP contribution in [0, 0.1) is 46.3 Å². The second-order valence-corrected chi connectivity index (χ2v) is 12.5. The molecule has 0 heterocycles. The van der Waals surface area contributed by atoms with Crippen molar-refractivity contribution in [2.45, 2.75) is 104 Å². The predicted octanol–water partition coefficient (Wildman–Crippen LogP) is 7.92. The molecule has 1 nitrogen and oxygen atoms in total. The lowest BCUT2D eigenvalue weighted by molar-refractivity contribution is -0.135. The highest BCUT2D eigenvalue weighted by molar-refractivity contribution is 8.67. The third-order valence-electron chi connectivity index (χ3n) is 10.6. The third-order valence-corrected chi connectivity index (χ3v) is 11.3. The van der Waals surface area contributed by atoms with Gasteiger partial charge in [-0.15, -0.1) is 0 Å². The van der Waals surface area contributed by atoms with Gasteiger partial charge in [0.15, 0.2) is 0 Å². The highest BCUT2D eigenvalue weighted by Gasteiger charge is 2.60. The first kappa shape index (κ1) is 21.9. The molecule has 3 heteroatoms. The number of hydrogen-bond acceptors (Lipinski definition) is 3. The summed E-state index contributed by atoms with van der Waals surface area (Å²) >= 11 is 4.19. The number of fused-ring (bicyclic) bond motifs is 5. The zero-order chi connectivity index (χ0) is 19.8. The Bertz CT molecular complexity index is 525. The Morgan fingerprint density at radius 3 is 2.54 bits per heavy atom. The smallest absolute Gasteiger partial charge is 0.00663 e. The molecule has 4 fully saturated rings. The van der Waals surface area contributed by atoms with Crippen molar-refractivity contribution < 1.29 is 0 Å². The second kappa shape index (κ2) is 9.03. The second-order valence-electron chi connectivity index (χ2n) is 11.4. The Morgan fingerprint density at radius 2 is 1.75 bits per heavy atom. The summed E-state index contributed by atoms with van der Waals surface area (Å²) in [5.41, 5.74) is 1.33. The fourth-order valence-corrected chi connectivity index (χ4v) is 9.75. The van der Waals surface area contributed by atoms with E-state index in [0.29, 0.717) is 10.8 Å². The van der Waals surface area contributed by atoms with E-state index in [1.54, 1.807) is 32.1 Å². The molecule has 0 aromatic heterocycles. The van der Waals surface area contributed by atoms with Crippen molar-refractivity contribution in [3.05, 3.63) is 0 Å². The van der Waals surface area contributed by atoms with Crippen LogP contribution in [0.3, 0.4) is 0 Å². The maximum absolute atomic E-state index is 4.19. The van der Waals surface area contributed by atoms with E-state index in [-0.39, 0.29) is 0 Å². The summed E-state index contributed by atoms with van der Waals surface area (Å²) in [4.78, 5) is 0. The summed E-state index contributed by atoms with van der Waals surface area (Å²) < 4.78 is 3.30. The molecule has 0 aromatic carbocycles. The lowest BCUT2D eigenvalue weighted by Crippen LogP contribution is -2.55. The summed E-state index contributed by atoms with van der Waals surface area (Å²) in [5, 5.41) is 0. The van der Waals surface area contributed by atoms with Gasteiger partial charge < -0.3 is 0 Å². The van der Waals surface area contributed by atoms with Gasteiger partial charge in [-0.2, -0.15) is 0 Å². The van der Waals surface area contributed by atoms with E-state index in [4.69, 9.17) is 0 Å². The molecular weight excluding hydrogens is 378 g/mol. The molecule has 4 aliphatic carbocycles. The van der Waals surface area contributed by atoms with Crippen molar-refractivity contribution in [2.24, 2.45) is 46.3 Å². The molecule has 0 aromatic rings. The van der Waals surface area contributed by atoms with Gasteiger partial charge >= 0.3 is 0 Å². The molecule has 4 aliphatic rings. The van der Waals surface area contributed by atoms with Crippen LogP contribution >= 0.6 is 22.6 Å². The summed E-state index contributed by atoms with van der Waals surface area (Å²) in [6, 6.07) is 0. The average Bonchev–Trinajstić information content (AvgIpc) is 3.03. The third kappa shape index (κ3) is 3.72. The molecule has 0 amide bonds. The molecule has 28 heavy (non-hydrogen) atoms. The van der Waals surface area contributed by atoms with Crippen LogP contribution in [0.25, 0.3) is 0 Å². The van der Waals surface area contributed by atoms with Crippen LogP contribution in [0.4, 0.5) is 0 Å². The molecule has 8 atom stereocenters. The van der Waals surface area contributed by atoms with Gasteiger partial charge in [-0.3, -0.25) is 4.72 Å². The number of hydrogen-bond donors (Lipinski definition) is 2. The minimum Gasteiger partial charge on any atom is -0.255 e. The van der Waals surface area contributed by atoms with Crippen molar-refractivity contribution in [3.8, 4) is 0 Å². The van der Waals surface area contributed by atoms with E-state index in [1.807, 2.05) is 0 Å². The van der Waals surface area contributed by atoms with Gasteiger partial charge in [0.1, 0.15) is 0 Å². The first-order chi connectivity index (χ1) is 13.5. The summed E-state index contributed by atoms with van der Waals surface area (Å²) in [6.45, 7) is 9.09. The average molecular weight is 424 g/mol. The van der Waals surface area contributed by atoms with Gasteiger partial charge in [-0.05, 0) is 115 Å². The lowest BCUT2D eigenvalue weighted by Gasteiger charge is -2.62. The molecule has 0 aliphatic heterocycles. The van der Waals surface area contributed by atoms with E-state index in [9.17, 15) is 0 Å². The molecule has 0 spiro atoms. The Labute approximate surface area is 184 Å². The van der Waals surface area contributed by atoms with Gasteiger partial charge in [-0.1, -0.05) is 58.1 Å². The Balaban J connectivity index is 1.47. The maximum atomic E-state index is 4.19. The van der Waals surface area contributed by atoms with Gasteiger partial charge in [0.05, 0.1) is 0 Å². The molecule has 7 unspecified atom stereocenters. The Hall–Kier alpha value is 0.660. The van der Waals surface area contributed by atoms with Crippen LogP contribution in [-0.4, -0.2) is 6.54 Å². The van der Waals surface area contributed by atoms with Crippen LogP contribution in [0.1, 0.15) is 104 Å². The number of rotatable bonds is 7. The lowest BCUT2D eigenvalue weighted by atomic mass is 9.42. The van der Waals surface area contributed by atoms with Crippen LogP contribution in [0.15, 0.2) is 0 Å². The Morgan fingerprint density at radius 1 is 0.929 bits per heavy atom. The van der Waals surface area contributed by atoms with Crippen molar-refractivity contribution in [1.82, 2.24) is 4.72 Å². The molecule has 0 saturated heterocycles. The minimum absolute atomic E-state index is 0.656. The quantitative estimate of drug-likeness (QED) is 0.187. The fraction of sp³-hybridized carbons (Fsp3) is 1.00. The molecular formula is C25H45NS2. The van der Waals surface area contributed by atoms with E-state index in [0.717, 1.165) is 42.1 Å². The topological polar surface area (TPSA) is 12.0 Å². The largest absolute Gasteiger partial charge is 0.255 e. The van der Waals surface area contributed by atoms with E-state index >= 15 is 0 Å². The summed E-state index contributed by atoms with van der Waals surface area (Å²) in [6.07, 6.45) is 19.5. The summed E-state index contributed by atoms with van der Waals surface area (Å²) in [7, 11) is 1.47. The fourth-order valence-electron chi connectivity index (χ4n) is 9.24. The molecule has 4 rings (SSSR count). The Kier molecular flexibility index (Phi) is 7.05. The zero-order valence-corrected chi connectivity index (χ0v) is 20.4. The molecule has 0 bridgehead atoms. The first-order valence-electron chi connectivity index (χ1n) is 12.6. The monoisotopic (exact) mass is 423 g/mol. The number of thiol groups is 1. The van der Waals surface area contributed by atoms with E-state index in [1.165, 1.54) is 62.3 Å². The molecule has 0 radical (unpaired) electrons. The van der Waals surface area contributed by atoms with Crippen LogP contribution < -0.4 is 4.72 Å². The normalized spacial score (nSPS) is 48.0. The van der Waals surface area contributed by atoms with Crippen LogP contribution in [0.2, 0.25) is 0 Å². The van der Waals surface area contributed by atoms with Crippen LogP contribution in [-0.2, 0) is 0 Å². The zero-order valence-electron chi connectivity index (χ0n) is 18.7. The predicted molar refractivity (Wildman–Crippen MR) is 127 cm³/mol. The van der Waals surface area contributed by atoms with Gasteiger partial charge in [0.25, 0.3) is 0 Å². The highest BCUT2D eigenvalue weighted by atomic mass is 33.1. The SMILES string of the molecule is CC[C@H]1CC2C3CCC(CCCCNSS)C3(C)CCC2C2(C)CCCCC12. The standard InChI is InChI=1S/C25H45NS2/c1-4-18-17-20-22-12-11-19(9-6-8-16-26-28-27)24(22,2)15-13-23(20)25(3)14-7-5-10-21(18)25/h18-23,26-27H,4-17H2,1-3H3/t18-,19?,20?,21?,22?,23?,24?,25?/m0/s1. The summed E-state index contributed by atoms with van der Waals surface area (Å²) in [5.74, 6) is 6.21. The minimum atomic E-state index is 0.656.